The number of ether oxygens (including phenoxy) is 1. The maximum absolute atomic E-state index is 13.3. The summed E-state index contributed by atoms with van der Waals surface area (Å²) in [6.45, 7) is 9.15. The topological polar surface area (TPSA) is 36.0 Å². The zero-order chi connectivity index (χ0) is 22.0. The van der Waals surface area contributed by atoms with Crippen LogP contribution >= 0.6 is 0 Å². The van der Waals surface area contributed by atoms with Crippen molar-refractivity contribution in [3.8, 4) is 0 Å². The number of hydrogen-bond acceptors (Lipinski definition) is 4. The lowest BCUT2D eigenvalue weighted by Crippen LogP contribution is -2.44. The summed E-state index contributed by atoms with van der Waals surface area (Å²) >= 11 is 0. The Morgan fingerprint density at radius 3 is 2.32 bits per heavy atom. The number of hydrogen-bond donors (Lipinski definition) is 0. The van der Waals surface area contributed by atoms with Crippen molar-refractivity contribution in [2.45, 2.75) is 32.3 Å². The van der Waals surface area contributed by atoms with Crippen LogP contribution in [0.5, 0.6) is 0 Å². The number of para-hydroxylation sites is 1. The zero-order valence-electron chi connectivity index (χ0n) is 19.3. The molecule has 0 spiro atoms. The number of likely N-dealkylation sites (N-methyl/N-ethyl adjacent to an activating group) is 1. The number of amides is 1. The van der Waals surface area contributed by atoms with Gasteiger partial charge in [0, 0.05) is 57.1 Å². The van der Waals surface area contributed by atoms with Crippen LogP contribution in [0.15, 0.2) is 48.5 Å². The van der Waals surface area contributed by atoms with E-state index in [1.165, 1.54) is 11.3 Å². The number of benzene rings is 2. The number of piperazine rings is 1. The van der Waals surface area contributed by atoms with Crippen LogP contribution in [0.25, 0.3) is 0 Å². The second-order valence-electron chi connectivity index (χ2n) is 9.36. The molecule has 2 fully saturated rings. The van der Waals surface area contributed by atoms with Crippen molar-refractivity contribution in [2.75, 3.05) is 56.7 Å². The van der Waals surface area contributed by atoms with Crippen molar-refractivity contribution in [1.29, 1.82) is 0 Å². The number of methoxy groups -OCH3 is 1. The Balaban J connectivity index is 1.46. The minimum atomic E-state index is -0.330. The van der Waals surface area contributed by atoms with Gasteiger partial charge in [-0.25, -0.2) is 0 Å². The third-order valence-electron chi connectivity index (χ3n) is 7.00. The SMILES string of the molecule is COC(C)(C)c1ccc(N2CCC(Cc3ccccc3N3CCN(C)CC3)C2=O)cc1. The van der Waals surface area contributed by atoms with E-state index in [0.717, 1.165) is 56.8 Å². The lowest BCUT2D eigenvalue weighted by atomic mass is 9.96. The molecule has 0 N–H and O–H groups in total. The lowest BCUT2D eigenvalue weighted by Gasteiger charge is -2.35. The second-order valence-corrected chi connectivity index (χ2v) is 9.36. The van der Waals surface area contributed by atoms with Gasteiger partial charge in [0.15, 0.2) is 0 Å². The van der Waals surface area contributed by atoms with Crippen molar-refractivity contribution < 1.29 is 9.53 Å². The number of rotatable bonds is 6. The van der Waals surface area contributed by atoms with Gasteiger partial charge in [-0.2, -0.15) is 0 Å². The predicted octanol–water partition coefficient (Wildman–Crippen LogP) is 3.92. The van der Waals surface area contributed by atoms with E-state index in [0.29, 0.717) is 0 Å². The van der Waals surface area contributed by atoms with Crippen molar-refractivity contribution >= 4 is 17.3 Å². The molecule has 166 valence electrons. The first-order valence-corrected chi connectivity index (χ1v) is 11.4. The maximum Gasteiger partial charge on any atom is 0.230 e. The Labute approximate surface area is 186 Å². The average molecular weight is 422 g/mol. The number of anilines is 2. The molecule has 31 heavy (non-hydrogen) atoms. The highest BCUT2D eigenvalue weighted by Crippen LogP contribution is 2.32. The van der Waals surface area contributed by atoms with Gasteiger partial charge in [0.05, 0.1) is 5.60 Å². The molecule has 2 aromatic rings. The highest BCUT2D eigenvalue weighted by Gasteiger charge is 2.33. The summed E-state index contributed by atoms with van der Waals surface area (Å²) in [7, 11) is 3.90. The third-order valence-corrected chi connectivity index (χ3v) is 7.00. The molecule has 5 nitrogen and oxygen atoms in total. The van der Waals surface area contributed by atoms with Crippen LogP contribution in [-0.4, -0.2) is 57.7 Å². The first-order valence-electron chi connectivity index (χ1n) is 11.4. The summed E-state index contributed by atoms with van der Waals surface area (Å²) in [6.07, 6.45) is 1.72. The molecule has 0 bridgehead atoms. The van der Waals surface area contributed by atoms with Crippen LogP contribution < -0.4 is 9.80 Å². The van der Waals surface area contributed by atoms with Crippen LogP contribution in [0.3, 0.4) is 0 Å². The van der Waals surface area contributed by atoms with E-state index in [1.54, 1.807) is 7.11 Å². The Morgan fingerprint density at radius 2 is 1.65 bits per heavy atom. The van der Waals surface area contributed by atoms with Gasteiger partial charge in [-0.05, 0) is 63.1 Å². The predicted molar refractivity (Wildman–Crippen MR) is 127 cm³/mol. The van der Waals surface area contributed by atoms with Crippen LogP contribution in [0, 0.1) is 5.92 Å². The Kier molecular flexibility index (Phi) is 6.35. The minimum Gasteiger partial charge on any atom is -0.374 e. The molecule has 1 unspecified atom stereocenters. The standard InChI is InChI=1S/C26H35N3O2/c1-26(2,31-4)22-9-11-23(12-10-22)29-14-13-21(25(29)30)19-20-7-5-6-8-24(20)28-17-15-27(3)16-18-28/h5-12,21H,13-19H2,1-4H3. The summed E-state index contributed by atoms with van der Waals surface area (Å²) in [5.41, 5.74) is 4.36. The Morgan fingerprint density at radius 1 is 0.968 bits per heavy atom. The quantitative estimate of drug-likeness (QED) is 0.708. The largest absolute Gasteiger partial charge is 0.374 e. The van der Waals surface area contributed by atoms with Crippen LogP contribution in [0.2, 0.25) is 0 Å². The fourth-order valence-corrected chi connectivity index (χ4v) is 4.65. The Bertz CT molecular complexity index is 901. The zero-order valence-corrected chi connectivity index (χ0v) is 19.3. The summed E-state index contributed by atoms with van der Waals surface area (Å²) < 4.78 is 5.57. The molecule has 0 aromatic heterocycles. The highest BCUT2D eigenvalue weighted by atomic mass is 16.5. The molecule has 2 saturated heterocycles. The van der Waals surface area contributed by atoms with Gasteiger partial charge in [-0.3, -0.25) is 4.79 Å². The highest BCUT2D eigenvalue weighted by molar-refractivity contribution is 5.97. The molecule has 0 radical (unpaired) electrons. The molecule has 0 aliphatic carbocycles. The van der Waals surface area contributed by atoms with Gasteiger partial charge in [-0.15, -0.1) is 0 Å². The molecule has 4 rings (SSSR count). The van der Waals surface area contributed by atoms with E-state index >= 15 is 0 Å². The van der Waals surface area contributed by atoms with Crippen LogP contribution in [-0.2, 0) is 21.6 Å². The lowest BCUT2D eigenvalue weighted by molar-refractivity contribution is -0.120. The van der Waals surface area contributed by atoms with Gasteiger partial charge in [0.2, 0.25) is 5.91 Å². The van der Waals surface area contributed by atoms with Crippen molar-refractivity contribution in [3.63, 3.8) is 0 Å². The van der Waals surface area contributed by atoms with E-state index in [9.17, 15) is 4.79 Å². The molecule has 0 saturated carbocycles. The van der Waals surface area contributed by atoms with Gasteiger partial charge >= 0.3 is 0 Å². The molecule has 2 aliphatic rings. The molecule has 2 heterocycles. The average Bonchev–Trinajstić information content (AvgIpc) is 3.15. The first kappa shape index (κ1) is 21.8. The van der Waals surface area contributed by atoms with E-state index < -0.39 is 0 Å². The number of carbonyl (C=O) groups excluding carboxylic acids is 1. The van der Waals surface area contributed by atoms with Crippen LogP contribution in [0.1, 0.15) is 31.4 Å². The minimum absolute atomic E-state index is 0.0451. The van der Waals surface area contributed by atoms with E-state index in [-0.39, 0.29) is 17.4 Å². The van der Waals surface area contributed by atoms with Gasteiger partial charge in [0.25, 0.3) is 0 Å². The van der Waals surface area contributed by atoms with Crippen LogP contribution in [0.4, 0.5) is 11.4 Å². The molecule has 5 heteroatoms. The number of carbonyl (C=O) groups is 1. The summed E-state index contributed by atoms with van der Waals surface area (Å²) in [5, 5.41) is 0. The van der Waals surface area contributed by atoms with E-state index in [4.69, 9.17) is 4.74 Å². The van der Waals surface area contributed by atoms with Gasteiger partial charge in [-0.1, -0.05) is 30.3 Å². The molecule has 2 aromatic carbocycles. The van der Waals surface area contributed by atoms with E-state index in [1.807, 2.05) is 4.90 Å². The summed E-state index contributed by atoms with van der Waals surface area (Å²) in [6, 6.07) is 16.9. The number of nitrogens with zero attached hydrogens (tertiary/aromatic N) is 3. The van der Waals surface area contributed by atoms with Crippen molar-refractivity contribution in [3.05, 3.63) is 59.7 Å². The maximum atomic E-state index is 13.3. The van der Waals surface area contributed by atoms with E-state index in [2.05, 4.69) is 79.2 Å². The normalized spacial score (nSPS) is 20.5. The monoisotopic (exact) mass is 421 g/mol. The van der Waals surface area contributed by atoms with Crippen molar-refractivity contribution in [1.82, 2.24) is 4.90 Å². The molecule has 1 atom stereocenters. The fraction of sp³-hybridized carbons (Fsp3) is 0.500. The third kappa shape index (κ3) is 4.63. The molecule has 1 amide bonds. The summed E-state index contributed by atoms with van der Waals surface area (Å²) in [5.74, 6) is 0.288. The Hall–Kier alpha value is -2.37. The molecule has 2 aliphatic heterocycles. The van der Waals surface area contributed by atoms with Gasteiger partial charge < -0.3 is 19.4 Å². The molecular formula is C26H35N3O2. The first-order chi connectivity index (χ1) is 14.9. The van der Waals surface area contributed by atoms with Gasteiger partial charge in [0.1, 0.15) is 0 Å². The fourth-order valence-electron chi connectivity index (χ4n) is 4.65. The summed E-state index contributed by atoms with van der Waals surface area (Å²) in [4.78, 5) is 20.1. The smallest absolute Gasteiger partial charge is 0.230 e. The van der Waals surface area contributed by atoms with Crippen molar-refractivity contribution in [2.24, 2.45) is 5.92 Å². The second kappa shape index (κ2) is 9.01. The molecular weight excluding hydrogens is 386 g/mol.